The number of benzene rings is 12. The van der Waals surface area contributed by atoms with E-state index in [2.05, 4.69) is 344 Å². The Labute approximate surface area is 950 Å². The zero-order valence-electron chi connectivity index (χ0n) is 85.6. The molecule has 0 saturated heterocycles. The van der Waals surface area contributed by atoms with Gasteiger partial charge in [0.15, 0.2) is 17.3 Å². The molecular weight excluding hydrogens is 2880 g/mol. The average molecular weight is 3000 g/mol. The first-order valence-electron chi connectivity index (χ1n) is 46.5. The molecule has 12 aromatic carbocycles. The van der Waals surface area contributed by atoms with Crippen LogP contribution in [-0.2, 0) is 135 Å². The molecule has 3 N–H and O–H groups in total. The van der Waals surface area contributed by atoms with E-state index in [4.69, 9.17) is 15.3 Å². The Morgan fingerprint density at radius 1 is 0.224 bits per heavy atom. The van der Waals surface area contributed by atoms with Crippen LogP contribution in [0.1, 0.15) is 108 Å². The molecule has 0 amide bonds. The molecule has 147 heavy (non-hydrogen) atoms. The fraction of sp³-hybridized carbons (Fsp3) is 0.140. The summed E-state index contributed by atoms with van der Waals surface area (Å²) in [6.07, 6.45) is 15.1. The van der Waals surface area contributed by atoms with E-state index in [-0.39, 0.29) is 155 Å². The van der Waals surface area contributed by atoms with Crippen LogP contribution in [0.2, 0.25) is 0 Å². The summed E-state index contributed by atoms with van der Waals surface area (Å²) in [5, 5.41) is 25.1. The first-order valence-corrected chi connectivity index (χ1v) is 46.5. The van der Waals surface area contributed by atoms with Crippen LogP contribution in [0.3, 0.4) is 0 Å². The summed E-state index contributed by atoms with van der Waals surface area (Å²) in [7, 11) is 0. The van der Waals surface area contributed by atoms with Gasteiger partial charge in [0, 0.05) is 176 Å². The zero-order chi connectivity index (χ0) is 101. The molecule has 0 unspecified atom stereocenters. The number of rotatable bonds is 15. The summed E-state index contributed by atoms with van der Waals surface area (Å²) < 4.78 is 0. The smallest absolute Gasteiger partial charge is 0.155 e. The van der Waals surface area contributed by atoms with Crippen molar-refractivity contribution in [3.63, 3.8) is 0 Å². The van der Waals surface area contributed by atoms with Crippen LogP contribution in [0.25, 0.3) is 134 Å². The van der Waals surface area contributed by atoms with Gasteiger partial charge < -0.3 is 45.2 Å². The summed E-state index contributed by atoms with van der Waals surface area (Å²) >= 11 is 0. The Morgan fingerprint density at radius 3 is 0.660 bits per heavy atom. The number of aromatic nitrogens is 6. The molecule has 6 aromatic heterocycles. The SMILES string of the molecule is CC(=O)C=C(C)O.CC(=O)C=C(C)O.CC(=O)C=C(C)O.Cc1[c-]c(-c2ccc(-c3ccccc3)cn2)cc(C)c1.Cc1[c-]c(-c2ccc(-c3ccccc3)cn2)cc(C)c1.Cc1c[c-]c(-c2ccc(-c3ccccc3)cn2)c(C)c1.Cc1c[c-]c(-c2ccc(-c3ccccc3)cn2)c(C)c1.Cc1cc(C)cc(-c2ccc(-c3[c-]cccc3)nc2)c1.Cc1cc(C)cc(-c2ccc(-c3[c-]cccc3)nc2)c1.[Ir].[Ir].[Ir].[Ir].[Ir].[Ir]. The Kier molecular flexibility index (Phi) is 56.4. The molecule has 0 aliphatic carbocycles. The number of carbonyl (C=O) groups is 3. The summed E-state index contributed by atoms with van der Waals surface area (Å²) in [6.45, 7) is 33.7. The maximum absolute atomic E-state index is 10.0. The van der Waals surface area contributed by atoms with Crippen molar-refractivity contribution >= 4 is 17.3 Å². The van der Waals surface area contributed by atoms with E-state index in [0.717, 1.165) is 112 Å². The van der Waals surface area contributed by atoms with Gasteiger partial charge in [-0.2, -0.15) is 0 Å². The molecule has 0 atom stereocenters. The number of carbonyl (C=O) groups excluding carboxylic acids is 3. The van der Waals surface area contributed by atoms with Crippen LogP contribution < -0.4 is 0 Å². The third kappa shape index (κ3) is 43.6. The van der Waals surface area contributed by atoms with Gasteiger partial charge in [0.1, 0.15) is 0 Å². The molecule has 0 aliphatic heterocycles. The second-order valence-corrected chi connectivity index (χ2v) is 34.5. The minimum atomic E-state index is -0.125. The van der Waals surface area contributed by atoms with Gasteiger partial charge >= 0.3 is 0 Å². The van der Waals surface area contributed by atoms with Gasteiger partial charge in [0.25, 0.3) is 0 Å². The second kappa shape index (κ2) is 65.6. The fourth-order valence-electron chi connectivity index (χ4n) is 15.2. The van der Waals surface area contributed by atoms with E-state index < -0.39 is 0 Å². The Hall–Kier alpha value is -12.9. The minimum absolute atomic E-state index is 0. The van der Waals surface area contributed by atoms with E-state index in [1.54, 1.807) is 0 Å². The normalized spacial score (nSPS) is 10.2. The van der Waals surface area contributed by atoms with Crippen LogP contribution in [0.15, 0.2) is 400 Å². The molecule has 0 bridgehead atoms. The number of aryl methyl sites for hydroxylation is 12. The van der Waals surface area contributed by atoms with Crippen molar-refractivity contribution in [1.29, 1.82) is 0 Å². The van der Waals surface area contributed by atoms with Crippen LogP contribution in [0, 0.1) is 119 Å². The molecule has 0 saturated carbocycles. The molecule has 18 aromatic rings. The van der Waals surface area contributed by atoms with Crippen molar-refractivity contribution in [2.24, 2.45) is 0 Å². The number of aliphatic hydroxyl groups excluding tert-OH is 3. The Balaban J connectivity index is 0.000000350. The van der Waals surface area contributed by atoms with Gasteiger partial charge in [0.2, 0.25) is 0 Å². The van der Waals surface area contributed by atoms with Gasteiger partial charge in [-0.3, -0.25) is 14.4 Å². The maximum Gasteiger partial charge on any atom is 0.155 e. The van der Waals surface area contributed by atoms with E-state index in [9.17, 15) is 14.4 Å². The summed E-state index contributed by atoms with van der Waals surface area (Å²) in [4.78, 5) is 57.5. The van der Waals surface area contributed by atoms with Crippen LogP contribution in [0.5, 0.6) is 0 Å². The molecule has 6 heterocycles. The van der Waals surface area contributed by atoms with E-state index in [0.29, 0.717) is 0 Å². The van der Waals surface area contributed by atoms with Crippen molar-refractivity contribution in [2.45, 2.75) is 125 Å². The molecule has 18 heteroatoms. The van der Waals surface area contributed by atoms with E-state index >= 15 is 0 Å². The molecule has 762 valence electrons. The van der Waals surface area contributed by atoms with E-state index in [1.165, 1.54) is 149 Å². The number of ketones is 3. The van der Waals surface area contributed by atoms with Crippen molar-refractivity contribution < 1.29 is 150 Å². The average Bonchev–Trinajstić information content (AvgIpc) is 0.826. The van der Waals surface area contributed by atoms with Gasteiger partial charge in [-0.15, -0.1) is 211 Å². The predicted molar refractivity (Wildman–Crippen MR) is 582 cm³/mol. The van der Waals surface area contributed by atoms with Gasteiger partial charge in [-0.1, -0.05) is 308 Å². The number of nitrogens with zero attached hydrogens (tertiary/aromatic N) is 6. The third-order valence-corrected chi connectivity index (χ3v) is 21.3. The Bertz CT molecular complexity index is 6380. The van der Waals surface area contributed by atoms with Crippen molar-refractivity contribution in [3.05, 3.63) is 503 Å². The number of allylic oxidation sites excluding steroid dienone is 6. The zero-order valence-corrected chi connectivity index (χ0v) is 100.0. The van der Waals surface area contributed by atoms with Crippen LogP contribution in [0.4, 0.5) is 0 Å². The molecular formula is C129H120Ir6N6O6-6. The first kappa shape index (κ1) is 126. The quantitative estimate of drug-likeness (QED) is 0.0501. The topological polar surface area (TPSA) is 189 Å². The molecule has 12 nitrogen and oxygen atoms in total. The molecule has 0 fully saturated rings. The molecule has 0 spiro atoms. The Morgan fingerprint density at radius 2 is 0.456 bits per heavy atom. The second-order valence-electron chi connectivity index (χ2n) is 34.5. The number of hydrogen-bond donors (Lipinski definition) is 3. The molecule has 0 aliphatic rings. The van der Waals surface area contributed by atoms with Crippen LogP contribution >= 0.6 is 0 Å². The van der Waals surface area contributed by atoms with Crippen molar-refractivity contribution in [2.75, 3.05) is 0 Å². The molecule has 18 rings (SSSR count). The number of hydrogen-bond acceptors (Lipinski definition) is 12. The molecule has 6 radical (unpaired) electrons. The minimum Gasteiger partial charge on any atom is -0.512 e. The van der Waals surface area contributed by atoms with Crippen molar-refractivity contribution in [1.82, 2.24) is 29.9 Å². The van der Waals surface area contributed by atoms with Gasteiger partial charge in [0.05, 0.1) is 17.3 Å². The van der Waals surface area contributed by atoms with Crippen LogP contribution in [-0.4, -0.2) is 62.6 Å². The maximum atomic E-state index is 10.0. The third-order valence-electron chi connectivity index (χ3n) is 21.3. The largest absolute Gasteiger partial charge is 0.512 e. The fourth-order valence-corrected chi connectivity index (χ4v) is 15.2. The first-order chi connectivity index (χ1) is 67.7. The monoisotopic (exact) mass is 3010 g/mol. The number of aliphatic hydroxyl groups is 3. The number of pyridine rings is 6. The van der Waals surface area contributed by atoms with E-state index in [1.807, 2.05) is 171 Å². The summed E-state index contributed by atoms with van der Waals surface area (Å²) in [6, 6.07) is 132. The van der Waals surface area contributed by atoms with Gasteiger partial charge in [-0.25, -0.2) is 0 Å². The van der Waals surface area contributed by atoms with Crippen molar-refractivity contribution in [3.8, 4) is 134 Å². The van der Waals surface area contributed by atoms with Gasteiger partial charge in [-0.05, 0) is 170 Å². The standard InChI is InChI=1S/6C19H16N.3C5H8O2.6Ir/c2*1-14-8-10-18(15(2)12-14)19-11-9-17(13-20-19)16-6-4-3-5-7-16;2*1-14-10-15(2)12-18(11-14)17-8-9-19(20-13-17)16-6-4-3-5-7-16;2*1-14-10-15(2)12-18(11-14)19-9-8-17(13-20-19)16-6-4-3-5-7-16;3*1-4(6)3-5(2)7;;;;;;/h2*3-9,11-13H,1-2H3;2*3-6,8-13H,1-2H3;2*3-11,13H,1-2H3;3*3,6H,1-2H3;;;;;;/q6*-1;;;;;;;;;. The summed E-state index contributed by atoms with van der Waals surface area (Å²) in [5.74, 6) is -0.187. The summed E-state index contributed by atoms with van der Waals surface area (Å²) in [5.41, 5.74) is 41.0. The predicted octanol–water partition coefficient (Wildman–Crippen LogP) is 32.1.